The first-order valence-corrected chi connectivity index (χ1v) is 15.0. The maximum absolute atomic E-state index is 12.7. The molecule has 0 aromatic rings. The Balaban J connectivity index is 1.27. The van der Waals surface area contributed by atoms with Crippen LogP contribution in [0.2, 0.25) is 0 Å². The molecule has 0 saturated heterocycles. The largest absolute Gasteiger partial charge is 0.462 e. The molecule has 3 aliphatic carbocycles. The zero-order valence-corrected chi connectivity index (χ0v) is 22.2. The third-order valence-corrected chi connectivity index (χ3v) is 8.98. The Kier molecular flexibility index (Phi) is 12.3. The number of hydrogen-bond acceptors (Lipinski definition) is 4. The monoisotopic (exact) mass is 476 g/mol. The highest BCUT2D eigenvalue weighted by molar-refractivity contribution is 5.73. The number of carbonyl (C=O) groups is 2. The van der Waals surface area contributed by atoms with Crippen molar-refractivity contribution in [1.82, 2.24) is 0 Å². The molecule has 0 amide bonds. The number of unbranched alkanes of at least 4 members (excludes halogenated alkanes) is 4. The molecule has 0 heterocycles. The minimum Gasteiger partial charge on any atom is -0.462 e. The average Bonchev–Trinajstić information content (AvgIpc) is 2.86. The van der Waals surface area contributed by atoms with Crippen molar-refractivity contribution in [3.05, 3.63) is 0 Å². The zero-order valence-electron chi connectivity index (χ0n) is 22.2. The lowest BCUT2D eigenvalue weighted by Crippen LogP contribution is -2.33. The molecule has 0 aromatic carbocycles. The molecule has 0 aromatic heterocycles. The van der Waals surface area contributed by atoms with Gasteiger partial charge in [0.2, 0.25) is 0 Å². The summed E-state index contributed by atoms with van der Waals surface area (Å²) < 4.78 is 11.8. The summed E-state index contributed by atoms with van der Waals surface area (Å²) in [5.74, 6) is 1.77. The lowest BCUT2D eigenvalue weighted by Gasteiger charge is -2.32. The number of rotatable bonds is 12. The van der Waals surface area contributed by atoms with E-state index in [0.29, 0.717) is 0 Å². The second-order valence-corrected chi connectivity index (χ2v) is 11.7. The van der Waals surface area contributed by atoms with E-state index in [4.69, 9.17) is 9.47 Å². The van der Waals surface area contributed by atoms with Crippen molar-refractivity contribution in [2.24, 2.45) is 23.7 Å². The van der Waals surface area contributed by atoms with E-state index in [1.807, 2.05) is 0 Å². The van der Waals surface area contributed by atoms with E-state index in [-0.39, 0.29) is 36.0 Å². The maximum Gasteiger partial charge on any atom is 0.309 e. The summed E-state index contributed by atoms with van der Waals surface area (Å²) in [7, 11) is 0. The minimum absolute atomic E-state index is 0.000560. The van der Waals surface area contributed by atoms with Crippen LogP contribution in [0, 0.1) is 23.7 Å². The van der Waals surface area contributed by atoms with Gasteiger partial charge >= 0.3 is 11.9 Å². The predicted molar refractivity (Wildman–Crippen MR) is 137 cm³/mol. The first-order chi connectivity index (χ1) is 16.6. The van der Waals surface area contributed by atoms with E-state index in [2.05, 4.69) is 13.8 Å². The van der Waals surface area contributed by atoms with Crippen LogP contribution in [0.3, 0.4) is 0 Å². The highest BCUT2D eigenvalue weighted by atomic mass is 16.5. The smallest absolute Gasteiger partial charge is 0.309 e. The zero-order chi connectivity index (χ0) is 24.2. The molecule has 0 bridgehead atoms. The van der Waals surface area contributed by atoms with Crippen LogP contribution in [0.4, 0.5) is 0 Å². The molecule has 3 fully saturated rings. The van der Waals surface area contributed by atoms with Crippen LogP contribution >= 0.6 is 0 Å². The van der Waals surface area contributed by atoms with Gasteiger partial charge in [0.25, 0.3) is 0 Å². The first kappa shape index (κ1) is 27.5. The average molecular weight is 477 g/mol. The third-order valence-electron chi connectivity index (χ3n) is 8.98. The van der Waals surface area contributed by atoms with Crippen LogP contribution in [-0.2, 0) is 19.1 Å². The fourth-order valence-electron chi connectivity index (χ4n) is 6.53. The molecular formula is C30H52O4. The predicted octanol–water partition coefficient (Wildman–Crippen LogP) is 8.16. The second-order valence-electron chi connectivity index (χ2n) is 11.7. The van der Waals surface area contributed by atoms with Crippen LogP contribution in [0.5, 0.6) is 0 Å². The number of ether oxygens (including phenoxy) is 2. The van der Waals surface area contributed by atoms with Gasteiger partial charge in [-0.2, -0.15) is 0 Å². The third kappa shape index (κ3) is 9.19. The molecule has 3 aliphatic rings. The Hall–Kier alpha value is -1.06. The molecule has 0 N–H and O–H groups in total. The molecule has 34 heavy (non-hydrogen) atoms. The van der Waals surface area contributed by atoms with E-state index in [1.165, 1.54) is 77.0 Å². The Morgan fingerprint density at radius 3 is 1.29 bits per heavy atom. The van der Waals surface area contributed by atoms with Gasteiger partial charge in [-0.15, -0.1) is 0 Å². The molecule has 0 aliphatic heterocycles. The molecular weight excluding hydrogens is 424 g/mol. The molecule has 0 atom stereocenters. The standard InChI is InChI=1S/C30H52O4/c1-3-5-7-9-23-11-15-25(16-12-23)29(31)34-28-21-17-26(18-22-28)30(32)33-27-19-13-24(14-20-27)10-8-6-4-2/h23-28H,3-22H2,1-2H3. The van der Waals surface area contributed by atoms with Gasteiger partial charge in [-0.05, 0) is 88.9 Å². The summed E-state index contributed by atoms with van der Waals surface area (Å²) in [4.78, 5) is 25.4. The molecule has 3 saturated carbocycles. The number of esters is 2. The van der Waals surface area contributed by atoms with Crippen molar-refractivity contribution in [2.75, 3.05) is 0 Å². The van der Waals surface area contributed by atoms with Gasteiger partial charge in [0.15, 0.2) is 0 Å². The summed E-state index contributed by atoms with van der Waals surface area (Å²) in [5, 5.41) is 0. The van der Waals surface area contributed by atoms with Crippen molar-refractivity contribution in [3.63, 3.8) is 0 Å². The second kappa shape index (κ2) is 15.1. The van der Waals surface area contributed by atoms with Crippen molar-refractivity contribution < 1.29 is 19.1 Å². The fraction of sp³-hybridized carbons (Fsp3) is 0.933. The summed E-state index contributed by atoms with van der Waals surface area (Å²) in [6.07, 6.45) is 22.8. The van der Waals surface area contributed by atoms with Gasteiger partial charge in [0.1, 0.15) is 12.2 Å². The summed E-state index contributed by atoms with van der Waals surface area (Å²) in [6, 6.07) is 0. The first-order valence-electron chi connectivity index (χ1n) is 15.0. The molecule has 0 spiro atoms. The number of hydrogen-bond donors (Lipinski definition) is 0. The van der Waals surface area contributed by atoms with Gasteiger partial charge in [-0.3, -0.25) is 9.59 Å². The fourth-order valence-corrected chi connectivity index (χ4v) is 6.53. The van der Waals surface area contributed by atoms with Crippen LogP contribution < -0.4 is 0 Å². The summed E-state index contributed by atoms with van der Waals surface area (Å²) >= 11 is 0. The normalized spacial score (nSPS) is 32.2. The minimum atomic E-state index is -0.00390. The van der Waals surface area contributed by atoms with Gasteiger partial charge < -0.3 is 9.47 Å². The van der Waals surface area contributed by atoms with E-state index < -0.39 is 0 Å². The van der Waals surface area contributed by atoms with Crippen LogP contribution in [0.1, 0.15) is 142 Å². The summed E-state index contributed by atoms with van der Waals surface area (Å²) in [5.41, 5.74) is 0. The van der Waals surface area contributed by atoms with Gasteiger partial charge in [-0.25, -0.2) is 0 Å². The molecule has 3 rings (SSSR count). The highest BCUT2D eigenvalue weighted by Crippen LogP contribution is 2.35. The van der Waals surface area contributed by atoms with Gasteiger partial charge in [0, 0.05) is 0 Å². The molecule has 4 heteroatoms. The maximum atomic E-state index is 12.7. The number of carbonyl (C=O) groups excluding carboxylic acids is 2. The van der Waals surface area contributed by atoms with E-state index in [0.717, 1.165) is 63.2 Å². The van der Waals surface area contributed by atoms with Crippen molar-refractivity contribution in [2.45, 2.75) is 154 Å². The lowest BCUT2D eigenvalue weighted by molar-refractivity contribution is -0.161. The Labute approximate surface area is 209 Å². The molecule has 0 unspecified atom stereocenters. The van der Waals surface area contributed by atoms with Gasteiger partial charge in [0.05, 0.1) is 11.8 Å². The SMILES string of the molecule is CCCCCC1CCC(OC(=O)C2CCC(OC(=O)C3CCC(CCCCC)CC3)CC2)CC1. The highest BCUT2D eigenvalue weighted by Gasteiger charge is 2.34. The van der Waals surface area contributed by atoms with E-state index >= 15 is 0 Å². The Morgan fingerprint density at radius 1 is 0.529 bits per heavy atom. The van der Waals surface area contributed by atoms with Crippen LogP contribution in [-0.4, -0.2) is 24.1 Å². The molecule has 4 nitrogen and oxygen atoms in total. The summed E-state index contributed by atoms with van der Waals surface area (Å²) in [6.45, 7) is 4.51. The Bertz CT molecular complexity index is 579. The van der Waals surface area contributed by atoms with Gasteiger partial charge in [-0.1, -0.05) is 65.2 Å². The van der Waals surface area contributed by atoms with Crippen LogP contribution in [0.15, 0.2) is 0 Å². The van der Waals surface area contributed by atoms with Crippen molar-refractivity contribution in [1.29, 1.82) is 0 Å². The molecule has 196 valence electrons. The Morgan fingerprint density at radius 2 is 0.882 bits per heavy atom. The van der Waals surface area contributed by atoms with E-state index in [9.17, 15) is 9.59 Å². The van der Waals surface area contributed by atoms with Crippen LogP contribution in [0.25, 0.3) is 0 Å². The van der Waals surface area contributed by atoms with E-state index in [1.54, 1.807) is 0 Å². The topological polar surface area (TPSA) is 52.6 Å². The quantitative estimate of drug-likeness (QED) is 0.211. The van der Waals surface area contributed by atoms with Crippen molar-refractivity contribution >= 4 is 11.9 Å². The lowest BCUT2D eigenvalue weighted by atomic mass is 9.79. The van der Waals surface area contributed by atoms with Crippen molar-refractivity contribution in [3.8, 4) is 0 Å². The molecule has 0 radical (unpaired) electrons.